The molecule has 2 aromatic rings. The summed E-state index contributed by atoms with van der Waals surface area (Å²) < 4.78 is 5.69. The summed E-state index contributed by atoms with van der Waals surface area (Å²) in [5.41, 5.74) is 1.90. The van der Waals surface area contributed by atoms with E-state index in [4.69, 9.17) is 4.42 Å². The summed E-state index contributed by atoms with van der Waals surface area (Å²) >= 11 is 0. The Labute approximate surface area is 112 Å². The Balaban J connectivity index is 2.44. The quantitative estimate of drug-likeness (QED) is 0.892. The van der Waals surface area contributed by atoms with Crippen molar-refractivity contribution >= 4 is 16.9 Å². The molecule has 1 heterocycles. The number of nitrogens with one attached hydrogen (secondary N) is 1. The fourth-order valence-corrected chi connectivity index (χ4v) is 2.00. The van der Waals surface area contributed by atoms with Crippen LogP contribution in [-0.4, -0.2) is 23.2 Å². The minimum atomic E-state index is -0.669. The Hall–Kier alpha value is -1.81. The van der Waals surface area contributed by atoms with E-state index in [2.05, 4.69) is 5.32 Å². The maximum absolute atomic E-state index is 12.2. The number of aryl methyl sites for hydroxylation is 2. The van der Waals surface area contributed by atoms with Crippen molar-refractivity contribution in [2.75, 3.05) is 6.61 Å². The van der Waals surface area contributed by atoms with Gasteiger partial charge < -0.3 is 14.8 Å². The molecule has 0 aliphatic heterocycles. The van der Waals surface area contributed by atoms with Crippen molar-refractivity contribution < 1.29 is 14.3 Å². The van der Waals surface area contributed by atoms with Crippen LogP contribution in [0.3, 0.4) is 0 Å². The minimum Gasteiger partial charge on any atom is -0.450 e. The minimum absolute atomic E-state index is 0.128. The van der Waals surface area contributed by atoms with E-state index in [1.807, 2.05) is 32.0 Å². The largest absolute Gasteiger partial charge is 0.450 e. The van der Waals surface area contributed by atoms with Gasteiger partial charge in [-0.1, -0.05) is 18.2 Å². The van der Waals surface area contributed by atoms with Crippen molar-refractivity contribution in [3.8, 4) is 0 Å². The summed E-state index contributed by atoms with van der Waals surface area (Å²) in [5, 5.41) is 12.9. The van der Waals surface area contributed by atoms with E-state index >= 15 is 0 Å². The molecule has 2 N–H and O–H groups in total. The number of benzene rings is 1. The van der Waals surface area contributed by atoms with Crippen LogP contribution >= 0.6 is 0 Å². The third-order valence-corrected chi connectivity index (χ3v) is 3.21. The molecule has 0 aliphatic rings. The van der Waals surface area contributed by atoms with Gasteiger partial charge in [-0.3, -0.25) is 4.79 Å². The van der Waals surface area contributed by atoms with Crippen molar-refractivity contribution in [2.45, 2.75) is 33.2 Å². The predicted molar refractivity (Wildman–Crippen MR) is 74.3 cm³/mol. The predicted octanol–water partition coefficient (Wildman–Crippen LogP) is 2.55. The molecule has 1 aromatic heterocycles. The third kappa shape index (κ3) is 2.49. The normalized spacial score (nSPS) is 11.8. The molecule has 0 saturated heterocycles. The van der Waals surface area contributed by atoms with Gasteiger partial charge in [-0.15, -0.1) is 0 Å². The maximum atomic E-state index is 12.2. The Morgan fingerprint density at radius 2 is 2.05 bits per heavy atom. The molecule has 0 radical (unpaired) electrons. The van der Waals surface area contributed by atoms with Crippen molar-refractivity contribution in [3.05, 3.63) is 35.1 Å². The summed E-state index contributed by atoms with van der Waals surface area (Å²) in [5.74, 6) is 0.0120. The number of fused-ring (bicyclic) bond motifs is 1. The summed E-state index contributed by atoms with van der Waals surface area (Å²) in [6, 6.07) is 5.83. The van der Waals surface area contributed by atoms with Gasteiger partial charge in [0.2, 0.25) is 0 Å². The fourth-order valence-electron chi connectivity index (χ4n) is 2.00. The van der Waals surface area contributed by atoms with Crippen LogP contribution in [0.4, 0.5) is 0 Å². The Kier molecular flexibility index (Phi) is 3.37. The molecule has 2 rings (SSSR count). The van der Waals surface area contributed by atoms with Gasteiger partial charge in [0.25, 0.3) is 5.91 Å². The zero-order valence-electron chi connectivity index (χ0n) is 11.7. The number of para-hydroxylation sites is 1. The number of furan rings is 1. The molecule has 19 heavy (non-hydrogen) atoms. The Morgan fingerprint density at radius 1 is 1.37 bits per heavy atom. The van der Waals surface area contributed by atoms with Crippen LogP contribution in [-0.2, 0) is 0 Å². The lowest BCUT2D eigenvalue weighted by Crippen LogP contribution is -2.46. The van der Waals surface area contributed by atoms with E-state index in [-0.39, 0.29) is 12.5 Å². The number of carbonyl (C=O) groups excluding carboxylic acids is 1. The van der Waals surface area contributed by atoms with E-state index in [9.17, 15) is 9.90 Å². The molecule has 4 nitrogen and oxygen atoms in total. The van der Waals surface area contributed by atoms with Gasteiger partial charge in [0.1, 0.15) is 5.58 Å². The summed E-state index contributed by atoms with van der Waals surface area (Å²) in [7, 11) is 0. The number of amides is 1. The molecule has 0 bridgehead atoms. The fraction of sp³-hybridized carbons (Fsp3) is 0.400. The zero-order valence-corrected chi connectivity index (χ0v) is 11.7. The van der Waals surface area contributed by atoms with Crippen LogP contribution in [0.15, 0.2) is 22.6 Å². The SMILES string of the molecule is Cc1c(C(=O)NC(C)(C)CO)oc2c(C)cccc12. The van der Waals surface area contributed by atoms with Gasteiger partial charge in [0, 0.05) is 10.9 Å². The van der Waals surface area contributed by atoms with Crippen molar-refractivity contribution in [2.24, 2.45) is 0 Å². The molecule has 0 atom stereocenters. The number of aliphatic hydroxyl groups excluding tert-OH is 1. The Bertz CT molecular complexity index is 626. The third-order valence-electron chi connectivity index (χ3n) is 3.21. The van der Waals surface area contributed by atoms with Gasteiger partial charge in [0.15, 0.2) is 5.76 Å². The average Bonchev–Trinajstić information content (AvgIpc) is 2.68. The van der Waals surface area contributed by atoms with Crippen molar-refractivity contribution in [1.82, 2.24) is 5.32 Å². The second-order valence-electron chi connectivity index (χ2n) is 5.50. The molecule has 1 aromatic carbocycles. The average molecular weight is 261 g/mol. The van der Waals surface area contributed by atoms with Crippen LogP contribution in [0, 0.1) is 13.8 Å². The lowest BCUT2D eigenvalue weighted by atomic mass is 10.1. The highest BCUT2D eigenvalue weighted by Crippen LogP contribution is 2.27. The van der Waals surface area contributed by atoms with Gasteiger partial charge in [-0.05, 0) is 33.3 Å². The summed E-state index contributed by atoms with van der Waals surface area (Å²) in [6.45, 7) is 7.20. The highest BCUT2D eigenvalue weighted by molar-refractivity contribution is 5.99. The lowest BCUT2D eigenvalue weighted by molar-refractivity contribution is 0.0842. The van der Waals surface area contributed by atoms with E-state index in [0.717, 1.165) is 22.1 Å². The van der Waals surface area contributed by atoms with Crippen LogP contribution in [0.25, 0.3) is 11.0 Å². The topological polar surface area (TPSA) is 62.5 Å². The first-order valence-electron chi connectivity index (χ1n) is 6.28. The number of aliphatic hydroxyl groups is 1. The molecule has 0 saturated carbocycles. The molecule has 102 valence electrons. The summed E-state index contributed by atoms with van der Waals surface area (Å²) in [4.78, 5) is 12.2. The van der Waals surface area contributed by atoms with Gasteiger partial charge in [0.05, 0.1) is 12.1 Å². The van der Waals surface area contributed by atoms with Crippen LogP contribution in [0.5, 0.6) is 0 Å². The second-order valence-corrected chi connectivity index (χ2v) is 5.50. The number of hydrogen-bond acceptors (Lipinski definition) is 3. The smallest absolute Gasteiger partial charge is 0.287 e. The first-order chi connectivity index (χ1) is 8.85. The van der Waals surface area contributed by atoms with Crippen LogP contribution in [0.2, 0.25) is 0 Å². The Morgan fingerprint density at radius 3 is 2.63 bits per heavy atom. The van der Waals surface area contributed by atoms with Gasteiger partial charge in [-0.25, -0.2) is 0 Å². The van der Waals surface area contributed by atoms with E-state index in [1.165, 1.54) is 0 Å². The highest BCUT2D eigenvalue weighted by atomic mass is 16.3. The lowest BCUT2D eigenvalue weighted by Gasteiger charge is -2.22. The molecule has 1 amide bonds. The first-order valence-corrected chi connectivity index (χ1v) is 6.28. The van der Waals surface area contributed by atoms with E-state index in [0.29, 0.717) is 5.76 Å². The van der Waals surface area contributed by atoms with Crippen molar-refractivity contribution in [3.63, 3.8) is 0 Å². The van der Waals surface area contributed by atoms with Crippen LogP contribution < -0.4 is 5.32 Å². The molecular formula is C15H19NO3. The van der Waals surface area contributed by atoms with Crippen molar-refractivity contribution in [1.29, 1.82) is 0 Å². The van der Waals surface area contributed by atoms with Crippen LogP contribution in [0.1, 0.15) is 35.5 Å². The zero-order chi connectivity index (χ0) is 14.2. The molecule has 0 spiro atoms. The van der Waals surface area contributed by atoms with E-state index < -0.39 is 5.54 Å². The number of hydrogen-bond donors (Lipinski definition) is 2. The number of carbonyl (C=O) groups is 1. The maximum Gasteiger partial charge on any atom is 0.287 e. The highest BCUT2D eigenvalue weighted by Gasteiger charge is 2.24. The standard InChI is InChI=1S/C15H19NO3/c1-9-6-5-7-11-10(2)13(19-12(9)11)14(18)16-15(3,4)8-17/h5-7,17H,8H2,1-4H3,(H,16,18). The molecular weight excluding hydrogens is 242 g/mol. The van der Waals surface area contributed by atoms with E-state index in [1.54, 1.807) is 13.8 Å². The molecule has 0 fully saturated rings. The van der Waals surface area contributed by atoms with Gasteiger partial charge >= 0.3 is 0 Å². The monoisotopic (exact) mass is 261 g/mol. The van der Waals surface area contributed by atoms with Gasteiger partial charge in [-0.2, -0.15) is 0 Å². The second kappa shape index (κ2) is 4.70. The molecule has 0 aliphatic carbocycles. The summed E-state index contributed by atoms with van der Waals surface area (Å²) in [6.07, 6.45) is 0. The molecule has 0 unspecified atom stereocenters. The first kappa shape index (κ1) is 13.6. The number of rotatable bonds is 3. The molecule has 4 heteroatoms.